The summed E-state index contributed by atoms with van der Waals surface area (Å²) in [6.45, 7) is 4.48. The zero-order valence-corrected chi connectivity index (χ0v) is 15.6. The molecular formula is C18H28BN3O4. The molecule has 1 saturated heterocycles. The van der Waals surface area contributed by atoms with Gasteiger partial charge in [0.05, 0.1) is 6.04 Å². The first-order chi connectivity index (χ1) is 12.3. The van der Waals surface area contributed by atoms with Crippen LogP contribution in [0, 0.1) is 0 Å². The van der Waals surface area contributed by atoms with Gasteiger partial charge in [-0.2, -0.15) is 0 Å². The highest BCUT2D eigenvalue weighted by atomic mass is 16.4. The zero-order chi connectivity index (χ0) is 19.3. The first kappa shape index (κ1) is 20.4. The maximum atomic E-state index is 13.0. The van der Waals surface area contributed by atoms with Crippen LogP contribution in [0.4, 0.5) is 0 Å². The van der Waals surface area contributed by atoms with Crippen molar-refractivity contribution in [3.05, 3.63) is 29.8 Å². The van der Waals surface area contributed by atoms with Crippen molar-refractivity contribution in [3.63, 3.8) is 0 Å². The number of amides is 2. The smallest absolute Gasteiger partial charge is 0.423 e. The van der Waals surface area contributed by atoms with Crippen LogP contribution in [0.3, 0.4) is 0 Å². The molecule has 1 aromatic carbocycles. The van der Waals surface area contributed by atoms with Gasteiger partial charge in [-0.05, 0) is 44.8 Å². The minimum atomic E-state index is -1.52. The van der Waals surface area contributed by atoms with E-state index in [1.165, 1.54) is 0 Å². The van der Waals surface area contributed by atoms with Gasteiger partial charge in [0.1, 0.15) is 6.04 Å². The van der Waals surface area contributed by atoms with E-state index in [9.17, 15) is 19.6 Å². The van der Waals surface area contributed by atoms with Gasteiger partial charge in [0.2, 0.25) is 11.8 Å². The van der Waals surface area contributed by atoms with Crippen LogP contribution in [0.5, 0.6) is 0 Å². The SMILES string of the molecule is CN[C@@H](C)C(=O)N[C@@H](Cc1ccc(B(O)O)cc1)C(=O)N1CCC[C@H]1C. The Morgan fingerprint density at radius 3 is 2.46 bits per heavy atom. The second kappa shape index (κ2) is 9.16. The van der Waals surface area contributed by atoms with Crippen molar-refractivity contribution < 1.29 is 19.6 Å². The summed E-state index contributed by atoms with van der Waals surface area (Å²) in [6.07, 6.45) is 2.30. The van der Waals surface area contributed by atoms with Crippen LogP contribution in [0.1, 0.15) is 32.3 Å². The van der Waals surface area contributed by atoms with Gasteiger partial charge >= 0.3 is 7.12 Å². The Bertz CT molecular complexity index is 623. The number of hydrogen-bond acceptors (Lipinski definition) is 5. The van der Waals surface area contributed by atoms with E-state index in [-0.39, 0.29) is 17.9 Å². The van der Waals surface area contributed by atoms with Crippen molar-refractivity contribution in [1.82, 2.24) is 15.5 Å². The lowest BCUT2D eigenvalue weighted by atomic mass is 9.80. The lowest BCUT2D eigenvalue weighted by Gasteiger charge is -2.28. The molecule has 0 aromatic heterocycles. The van der Waals surface area contributed by atoms with E-state index in [2.05, 4.69) is 10.6 Å². The largest absolute Gasteiger partial charge is 0.488 e. The Hall–Kier alpha value is -1.90. The summed E-state index contributed by atoms with van der Waals surface area (Å²) in [7, 11) is 0.172. The van der Waals surface area contributed by atoms with Gasteiger partial charge in [-0.1, -0.05) is 24.3 Å². The van der Waals surface area contributed by atoms with Crippen LogP contribution in [0.15, 0.2) is 24.3 Å². The van der Waals surface area contributed by atoms with Crippen molar-refractivity contribution >= 4 is 24.4 Å². The van der Waals surface area contributed by atoms with E-state index in [4.69, 9.17) is 0 Å². The number of rotatable bonds is 7. The number of nitrogens with zero attached hydrogens (tertiary/aromatic N) is 1. The van der Waals surface area contributed by atoms with Gasteiger partial charge in [-0.25, -0.2) is 0 Å². The van der Waals surface area contributed by atoms with Crippen molar-refractivity contribution in [3.8, 4) is 0 Å². The van der Waals surface area contributed by atoms with Crippen LogP contribution < -0.4 is 16.1 Å². The minimum Gasteiger partial charge on any atom is -0.423 e. The lowest BCUT2D eigenvalue weighted by Crippen LogP contribution is -2.54. The van der Waals surface area contributed by atoms with E-state index >= 15 is 0 Å². The average molecular weight is 361 g/mol. The number of nitrogens with one attached hydrogen (secondary N) is 2. The highest BCUT2D eigenvalue weighted by Crippen LogP contribution is 2.18. The highest BCUT2D eigenvalue weighted by Gasteiger charge is 2.32. The second-order valence-corrected chi connectivity index (χ2v) is 6.91. The average Bonchev–Trinajstić information content (AvgIpc) is 3.06. The molecule has 8 heteroatoms. The Labute approximate surface area is 154 Å². The molecule has 1 aliphatic rings. The third kappa shape index (κ3) is 5.06. The molecule has 142 valence electrons. The molecule has 0 radical (unpaired) electrons. The third-order valence-electron chi connectivity index (χ3n) is 4.99. The normalized spacial score (nSPS) is 19.1. The van der Waals surface area contributed by atoms with E-state index < -0.39 is 19.2 Å². The Morgan fingerprint density at radius 2 is 1.96 bits per heavy atom. The van der Waals surface area contributed by atoms with Crippen LogP contribution in [0.2, 0.25) is 0 Å². The number of benzene rings is 1. The van der Waals surface area contributed by atoms with E-state index in [1.807, 2.05) is 11.8 Å². The maximum Gasteiger partial charge on any atom is 0.488 e. The Kier molecular flexibility index (Phi) is 7.19. The van der Waals surface area contributed by atoms with Gasteiger partial charge in [0.25, 0.3) is 0 Å². The van der Waals surface area contributed by atoms with Crippen LogP contribution >= 0.6 is 0 Å². The van der Waals surface area contributed by atoms with Gasteiger partial charge in [-0.3, -0.25) is 9.59 Å². The molecule has 2 rings (SSSR count). The molecule has 0 aliphatic carbocycles. The molecule has 1 fully saturated rings. The van der Waals surface area contributed by atoms with E-state index in [1.54, 1.807) is 38.2 Å². The molecule has 1 aliphatic heterocycles. The molecule has 4 N–H and O–H groups in total. The fourth-order valence-corrected chi connectivity index (χ4v) is 3.15. The molecule has 7 nitrogen and oxygen atoms in total. The quantitative estimate of drug-likeness (QED) is 0.468. The standard InChI is InChI=1S/C18H28BN3O4/c1-12-5-4-10-22(12)18(24)16(21-17(23)13(2)20-3)11-14-6-8-15(9-7-14)19(25)26/h6-9,12-13,16,20,25-26H,4-5,10-11H2,1-3H3,(H,21,23)/t12-,13+,16+/m1/s1. The molecule has 2 amide bonds. The number of likely N-dealkylation sites (tertiary alicyclic amines) is 1. The number of likely N-dealkylation sites (N-methyl/N-ethyl adjacent to an activating group) is 1. The van der Waals surface area contributed by atoms with Gasteiger partial charge in [-0.15, -0.1) is 0 Å². The summed E-state index contributed by atoms with van der Waals surface area (Å²) in [5.74, 6) is -0.293. The molecule has 3 atom stereocenters. The van der Waals surface area contributed by atoms with Crippen LogP contribution in [-0.2, 0) is 16.0 Å². The molecule has 1 heterocycles. The summed E-state index contributed by atoms with van der Waals surface area (Å²) in [5, 5.41) is 24.1. The summed E-state index contributed by atoms with van der Waals surface area (Å²) >= 11 is 0. The van der Waals surface area contributed by atoms with E-state index in [0.717, 1.165) is 18.4 Å². The molecule has 0 saturated carbocycles. The van der Waals surface area contributed by atoms with Crippen LogP contribution in [-0.4, -0.2) is 65.6 Å². The predicted molar refractivity (Wildman–Crippen MR) is 101 cm³/mol. The molecular weight excluding hydrogens is 333 g/mol. The van der Waals surface area contributed by atoms with Gasteiger partial charge in [0, 0.05) is 19.0 Å². The van der Waals surface area contributed by atoms with Crippen molar-refractivity contribution in [2.75, 3.05) is 13.6 Å². The molecule has 1 aromatic rings. The van der Waals surface area contributed by atoms with E-state index in [0.29, 0.717) is 18.4 Å². The topological polar surface area (TPSA) is 102 Å². The number of carbonyl (C=O) groups excluding carboxylic acids is 2. The highest BCUT2D eigenvalue weighted by molar-refractivity contribution is 6.58. The number of hydrogen-bond donors (Lipinski definition) is 4. The molecule has 0 spiro atoms. The van der Waals surface area contributed by atoms with Gasteiger partial charge < -0.3 is 25.6 Å². The van der Waals surface area contributed by atoms with Crippen LogP contribution in [0.25, 0.3) is 0 Å². The summed E-state index contributed by atoms with van der Waals surface area (Å²) in [4.78, 5) is 27.1. The maximum absolute atomic E-state index is 13.0. The van der Waals surface area contributed by atoms with Crippen molar-refractivity contribution in [2.24, 2.45) is 0 Å². The summed E-state index contributed by atoms with van der Waals surface area (Å²) < 4.78 is 0. The van der Waals surface area contributed by atoms with Crippen molar-refractivity contribution in [1.29, 1.82) is 0 Å². The first-order valence-corrected chi connectivity index (χ1v) is 9.06. The molecule has 0 bridgehead atoms. The zero-order valence-electron chi connectivity index (χ0n) is 15.6. The summed E-state index contributed by atoms with van der Waals surface area (Å²) in [5.41, 5.74) is 1.23. The molecule has 26 heavy (non-hydrogen) atoms. The first-order valence-electron chi connectivity index (χ1n) is 9.06. The second-order valence-electron chi connectivity index (χ2n) is 6.91. The third-order valence-corrected chi connectivity index (χ3v) is 4.99. The fraction of sp³-hybridized carbons (Fsp3) is 0.556. The predicted octanol–water partition coefficient (Wildman–Crippen LogP) is -0.987. The minimum absolute atomic E-state index is 0.0714. The molecule has 0 unspecified atom stereocenters. The monoisotopic (exact) mass is 361 g/mol. The Morgan fingerprint density at radius 1 is 1.31 bits per heavy atom. The lowest BCUT2D eigenvalue weighted by molar-refractivity contribution is -0.137. The summed E-state index contributed by atoms with van der Waals surface area (Å²) in [6, 6.07) is 5.84. The van der Waals surface area contributed by atoms with Crippen molar-refractivity contribution in [2.45, 2.75) is 51.2 Å². The number of carbonyl (C=O) groups is 2. The Balaban J connectivity index is 2.16. The fourth-order valence-electron chi connectivity index (χ4n) is 3.15. The van der Waals surface area contributed by atoms with Gasteiger partial charge in [0.15, 0.2) is 0 Å².